The molecule has 1 amide bonds. The van der Waals surface area contributed by atoms with Gasteiger partial charge in [0.05, 0.1) is 21.5 Å². The molecule has 0 radical (unpaired) electrons. The number of rotatable bonds is 4. The average Bonchev–Trinajstić information content (AvgIpc) is 2.89. The Morgan fingerprint density at radius 3 is 2.31 bits per heavy atom. The topological polar surface area (TPSA) is 92.6 Å². The smallest absolute Gasteiger partial charge is 0.265 e. The molecule has 0 atom stereocenters. The van der Waals surface area contributed by atoms with Gasteiger partial charge < -0.3 is 4.90 Å². The number of benzene rings is 3. The first-order chi connectivity index (χ1) is 16.8. The molecular formula is C25H21ClN4O4S. The van der Waals surface area contributed by atoms with Crippen LogP contribution in [0.3, 0.4) is 0 Å². The number of fused-ring (bicyclic) bond motifs is 1. The fourth-order valence-corrected chi connectivity index (χ4v) is 5.83. The molecule has 1 aromatic heterocycles. The Labute approximate surface area is 207 Å². The molecule has 10 heteroatoms. The van der Waals surface area contributed by atoms with Gasteiger partial charge in [0.2, 0.25) is 10.0 Å². The summed E-state index contributed by atoms with van der Waals surface area (Å²) in [4.78, 5) is 31.9. The Balaban J connectivity index is 1.29. The summed E-state index contributed by atoms with van der Waals surface area (Å²) in [6, 6.07) is 20.0. The molecule has 3 aromatic carbocycles. The number of sulfonamides is 1. The molecular weight excluding hydrogens is 488 g/mol. The van der Waals surface area contributed by atoms with Crippen molar-refractivity contribution in [3.05, 3.63) is 100 Å². The maximum atomic E-state index is 13.0. The molecule has 178 valence electrons. The van der Waals surface area contributed by atoms with E-state index in [0.29, 0.717) is 27.2 Å². The molecule has 0 bridgehead atoms. The van der Waals surface area contributed by atoms with Gasteiger partial charge in [-0.05, 0) is 54.6 Å². The van der Waals surface area contributed by atoms with Crippen LogP contribution in [0.25, 0.3) is 16.6 Å². The van der Waals surface area contributed by atoms with E-state index in [1.807, 2.05) is 6.07 Å². The predicted molar refractivity (Wildman–Crippen MR) is 133 cm³/mol. The highest BCUT2D eigenvalue weighted by Crippen LogP contribution is 2.21. The van der Waals surface area contributed by atoms with Crippen LogP contribution in [0.15, 0.2) is 88.8 Å². The predicted octanol–water partition coefficient (Wildman–Crippen LogP) is 3.19. The zero-order valence-corrected chi connectivity index (χ0v) is 20.1. The van der Waals surface area contributed by atoms with Gasteiger partial charge in [0.15, 0.2) is 0 Å². The van der Waals surface area contributed by atoms with E-state index in [1.54, 1.807) is 59.5 Å². The first kappa shape index (κ1) is 23.2. The van der Waals surface area contributed by atoms with Gasteiger partial charge in [-0.1, -0.05) is 29.8 Å². The van der Waals surface area contributed by atoms with Crippen molar-refractivity contribution < 1.29 is 13.2 Å². The number of aromatic nitrogens is 2. The van der Waals surface area contributed by atoms with Crippen LogP contribution in [0.2, 0.25) is 5.02 Å². The van der Waals surface area contributed by atoms with Gasteiger partial charge in [-0.25, -0.2) is 13.4 Å². The first-order valence-electron chi connectivity index (χ1n) is 11.0. The van der Waals surface area contributed by atoms with Crippen molar-refractivity contribution in [2.45, 2.75) is 4.90 Å². The molecule has 0 aliphatic carbocycles. The zero-order valence-electron chi connectivity index (χ0n) is 18.5. The molecule has 8 nitrogen and oxygen atoms in total. The number of piperazine rings is 1. The number of hydrogen-bond acceptors (Lipinski definition) is 5. The number of para-hydroxylation sites is 1. The van der Waals surface area contributed by atoms with E-state index in [1.165, 1.54) is 27.3 Å². The molecule has 35 heavy (non-hydrogen) atoms. The van der Waals surface area contributed by atoms with Gasteiger partial charge in [-0.3, -0.25) is 14.2 Å². The van der Waals surface area contributed by atoms with E-state index < -0.39 is 10.0 Å². The molecule has 4 aromatic rings. The van der Waals surface area contributed by atoms with E-state index in [4.69, 9.17) is 11.6 Å². The molecule has 1 fully saturated rings. The maximum absolute atomic E-state index is 13.0. The summed E-state index contributed by atoms with van der Waals surface area (Å²) in [7, 11) is -3.68. The number of carbonyl (C=O) groups excluding carboxylic acids is 1. The minimum absolute atomic E-state index is 0.138. The summed E-state index contributed by atoms with van der Waals surface area (Å²) < 4.78 is 28.6. The second kappa shape index (κ2) is 9.26. The Bertz CT molecular complexity index is 1580. The van der Waals surface area contributed by atoms with Crippen molar-refractivity contribution in [3.8, 4) is 5.69 Å². The van der Waals surface area contributed by atoms with E-state index in [0.717, 1.165) is 0 Å². The van der Waals surface area contributed by atoms with Gasteiger partial charge in [0, 0.05) is 36.8 Å². The lowest BCUT2D eigenvalue weighted by Crippen LogP contribution is -2.50. The van der Waals surface area contributed by atoms with Crippen LogP contribution in [-0.4, -0.2) is 59.3 Å². The summed E-state index contributed by atoms with van der Waals surface area (Å²) in [6.07, 6.45) is 1.47. The molecule has 0 saturated carbocycles. The molecule has 1 aliphatic heterocycles. The third kappa shape index (κ3) is 4.45. The van der Waals surface area contributed by atoms with E-state index >= 15 is 0 Å². The van der Waals surface area contributed by atoms with Crippen molar-refractivity contribution >= 4 is 38.4 Å². The van der Waals surface area contributed by atoms with E-state index in [2.05, 4.69) is 4.98 Å². The molecule has 5 rings (SSSR count). The Hall–Kier alpha value is -3.53. The molecule has 0 unspecified atom stereocenters. The second-order valence-electron chi connectivity index (χ2n) is 8.14. The standard InChI is InChI=1S/C25H21ClN4O4S/c26-19-4-3-5-21(16-19)35(33,34)29-14-12-28(13-15-29)24(31)18-8-10-20(11-9-18)30-17-27-23-7-2-1-6-22(23)25(30)32/h1-11,16-17H,12-15H2. The number of carbonyl (C=O) groups is 1. The summed E-state index contributed by atoms with van der Waals surface area (Å²) in [5, 5.41) is 0.866. The van der Waals surface area contributed by atoms with Crippen molar-refractivity contribution in [1.29, 1.82) is 0 Å². The van der Waals surface area contributed by atoms with Crippen molar-refractivity contribution in [1.82, 2.24) is 18.8 Å². The summed E-state index contributed by atoms with van der Waals surface area (Å²) in [5.74, 6) is -0.194. The zero-order chi connectivity index (χ0) is 24.6. The summed E-state index contributed by atoms with van der Waals surface area (Å²) in [5.41, 5.74) is 1.49. The molecule has 0 N–H and O–H groups in total. The number of nitrogens with zero attached hydrogens (tertiary/aromatic N) is 4. The van der Waals surface area contributed by atoms with E-state index in [9.17, 15) is 18.0 Å². The van der Waals surface area contributed by atoms with Crippen molar-refractivity contribution in [2.24, 2.45) is 0 Å². The number of hydrogen-bond donors (Lipinski definition) is 0. The molecule has 0 spiro atoms. The van der Waals surface area contributed by atoms with Crippen LogP contribution in [0.1, 0.15) is 10.4 Å². The highest BCUT2D eigenvalue weighted by atomic mass is 35.5. The average molecular weight is 509 g/mol. The molecule has 1 saturated heterocycles. The van der Waals surface area contributed by atoms with Crippen molar-refractivity contribution in [2.75, 3.05) is 26.2 Å². The highest BCUT2D eigenvalue weighted by molar-refractivity contribution is 7.89. The Morgan fingerprint density at radius 1 is 0.886 bits per heavy atom. The largest absolute Gasteiger partial charge is 0.336 e. The lowest BCUT2D eigenvalue weighted by Gasteiger charge is -2.34. The van der Waals surface area contributed by atoms with E-state index in [-0.39, 0.29) is 42.5 Å². The molecule has 2 heterocycles. The third-order valence-corrected chi connectivity index (χ3v) is 8.15. The lowest BCUT2D eigenvalue weighted by atomic mass is 10.1. The minimum atomic E-state index is -3.68. The van der Waals surface area contributed by atoms with Crippen LogP contribution < -0.4 is 5.56 Å². The van der Waals surface area contributed by atoms with Crippen LogP contribution in [0.5, 0.6) is 0 Å². The van der Waals surface area contributed by atoms with Crippen LogP contribution in [-0.2, 0) is 10.0 Å². The second-order valence-corrected chi connectivity index (χ2v) is 10.5. The van der Waals surface area contributed by atoms with Crippen LogP contribution >= 0.6 is 11.6 Å². The monoisotopic (exact) mass is 508 g/mol. The molecule has 1 aliphatic rings. The first-order valence-corrected chi connectivity index (χ1v) is 12.8. The SMILES string of the molecule is O=C(c1ccc(-n2cnc3ccccc3c2=O)cc1)N1CCN(S(=O)(=O)c2cccc(Cl)c2)CC1. The number of halogens is 1. The van der Waals surface area contributed by atoms with Gasteiger partial charge in [0.1, 0.15) is 6.33 Å². The van der Waals surface area contributed by atoms with Gasteiger partial charge >= 0.3 is 0 Å². The summed E-state index contributed by atoms with van der Waals surface area (Å²) in [6.45, 7) is 0.927. The normalized spacial score (nSPS) is 14.8. The van der Waals surface area contributed by atoms with Crippen molar-refractivity contribution in [3.63, 3.8) is 0 Å². The summed E-state index contributed by atoms with van der Waals surface area (Å²) >= 11 is 5.95. The Kier molecular flexibility index (Phi) is 6.14. The fraction of sp³-hybridized carbons (Fsp3) is 0.160. The third-order valence-electron chi connectivity index (χ3n) is 6.02. The van der Waals surface area contributed by atoms with Gasteiger partial charge in [0.25, 0.3) is 11.5 Å². The van der Waals surface area contributed by atoms with Crippen LogP contribution in [0.4, 0.5) is 0 Å². The quantitative estimate of drug-likeness (QED) is 0.422. The van der Waals surface area contributed by atoms with Gasteiger partial charge in [-0.15, -0.1) is 0 Å². The van der Waals surface area contributed by atoms with Gasteiger partial charge in [-0.2, -0.15) is 4.31 Å². The lowest BCUT2D eigenvalue weighted by molar-refractivity contribution is 0.0698. The maximum Gasteiger partial charge on any atom is 0.265 e. The fourth-order valence-electron chi connectivity index (χ4n) is 4.11. The highest BCUT2D eigenvalue weighted by Gasteiger charge is 2.30. The Morgan fingerprint density at radius 2 is 1.60 bits per heavy atom. The minimum Gasteiger partial charge on any atom is -0.336 e. The van der Waals surface area contributed by atoms with Crippen LogP contribution in [0, 0.1) is 0 Å². The number of amides is 1.